The summed E-state index contributed by atoms with van der Waals surface area (Å²) in [6.45, 7) is 0. The highest BCUT2D eigenvalue weighted by atomic mass is 79.9. The summed E-state index contributed by atoms with van der Waals surface area (Å²) in [5.41, 5.74) is -2.15. The Hall–Kier alpha value is 0.800. The molecular weight excluding hydrogens is 508 g/mol. The summed E-state index contributed by atoms with van der Waals surface area (Å²) in [5.74, 6) is 0. The Morgan fingerprint density at radius 1 is 0.842 bits per heavy atom. The number of halogens is 4. The molecule has 2 N–H and O–H groups in total. The van der Waals surface area contributed by atoms with Crippen LogP contribution in [0.3, 0.4) is 0 Å². The lowest BCUT2D eigenvalue weighted by Gasteiger charge is -2.37. The molecule has 2 atom stereocenters. The Kier molecular flexibility index (Phi) is 5.01. The second kappa shape index (κ2) is 5.89. The van der Waals surface area contributed by atoms with E-state index in [9.17, 15) is 10.2 Å². The van der Waals surface area contributed by atoms with Gasteiger partial charge < -0.3 is 10.2 Å². The first kappa shape index (κ1) is 16.2. The lowest BCUT2D eigenvalue weighted by molar-refractivity contribution is -0.0110. The van der Waals surface area contributed by atoms with Crippen molar-refractivity contribution in [1.29, 1.82) is 0 Å². The molecule has 0 spiro atoms. The Morgan fingerprint density at radius 3 is 1.53 bits per heavy atom. The van der Waals surface area contributed by atoms with Crippen molar-refractivity contribution in [2.24, 2.45) is 0 Å². The fraction of sp³-hybridized carbons (Fsp3) is 0.385. The molecule has 6 heteroatoms. The summed E-state index contributed by atoms with van der Waals surface area (Å²) in [4.78, 5) is 0. The van der Waals surface area contributed by atoms with E-state index < -0.39 is 11.2 Å². The maximum atomic E-state index is 10.7. The molecule has 0 fully saturated rings. The summed E-state index contributed by atoms with van der Waals surface area (Å²) >= 11 is 13.6. The zero-order chi connectivity index (χ0) is 14.3. The minimum atomic E-state index is -1.07. The van der Waals surface area contributed by atoms with E-state index in [1.54, 1.807) is 12.2 Å². The molecule has 2 unspecified atom stereocenters. The summed E-state index contributed by atoms with van der Waals surface area (Å²) in [5, 5.41) is 21.4. The van der Waals surface area contributed by atoms with Crippen molar-refractivity contribution in [2.45, 2.75) is 30.5 Å². The van der Waals surface area contributed by atoms with Crippen LogP contribution in [0.25, 0.3) is 0 Å². The molecule has 0 saturated carbocycles. The van der Waals surface area contributed by atoms with Crippen LogP contribution in [-0.2, 0) is 0 Å². The number of allylic oxidation sites excluding steroid dienone is 4. The second-order valence-electron chi connectivity index (χ2n) is 4.98. The Morgan fingerprint density at radius 2 is 1.21 bits per heavy atom. The molecule has 0 saturated heterocycles. The topological polar surface area (TPSA) is 40.5 Å². The van der Waals surface area contributed by atoms with E-state index in [1.807, 2.05) is 12.2 Å². The minimum Gasteiger partial charge on any atom is -0.385 e. The molecular formula is C13H12Br4O2. The summed E-state index contributed by atoms with van der Waals surface area (Å²) in [6, 6.07) is 0. The number of rotatable bonds is 2. The highest BCUT2D eigenvalue weighted by Gasteiger charge is 2.39. The van der Waals surface area contributed by atoms with Gasteiger partial charge in [-0.2, -0.15) is 0 Å². The molecule has 0 heterocycles. The number of hydrogen-bond donors (Lipinski definition) is 2. The number of hydrogen-bond acceptors (Lipinski definition) is 2. The van der Waals surface area contributed by atoms with Crippen LogP contribution in [0.2, 0.25) is 0 Å². The molecule has 104 valence electrons. The van der Waals surface area contributed by atoms with E-state index in [-0.39, 0.29) is 6.42 Å². The van der Waals surface area contributed by atoms with Crippen molar-refractivity contribution < 1.29 is 10.2 Å². The van der Waals surface area contributed by atoms with Gasteiger partial charge in [0.05, 0.1) is 11.2 Å². The molecule has 2 aliphatic rings. The van der Waals surface area contributed by atoms with Gasteiger partial charge >= 0.3 is 0 Å². The van der Waals surface area contributed by atoms with Crippen LogP contribution in [0.4, 0.5) is 0 Å². The summed E-state index contributed by atoms with van der Waals surface area (Å²) in [7, 11) is 0. The standard InChI is InChI=1S/C13H12Br4O2/c14-8-1-9(15)4-12(18,3-8)7-13(19)5-10(16)2-11(17)6-13/h1-3,5,18-19H,4,6-7H2. The molecule has 0 bridgehead atoms. The molecule has 2 nitrogen and oxygen atoms in total. The predicted molar refractivity (Wildman–Crippen MR) is 91.8 cm³/mol. The Bertz CT molecular complexity index is 475. The first-order chi connectivity index (χ1) is 8.70. The predicted octanol–water partition coefficient (Wildman–Crippen LogP) is 4.76. The van der Waals surface area contributed by atoms with E-state index in [1.165, 1.54) is 0 Å². The van der Waals surface area contributed by atoms with Gasteiger partial charge in [0.2, 0.25) is 0 Å². The van der Waals surface area contributed by atoms with Crippen LogP contribution < -0.4 is 0 Å². The molecule has 0 aliphatic heterocycles. The largest absolute Gasteiger partial charge is 0.385 e. The van der Waals surface area contributed by atoms with Crippen molar-refractivity contribution in [2.75, 3.05) is 0 Å². The molecule has 0 amide bonds. The van der Waals surface area contributed by atoms with Crippen molar-refractivity contribution in [1.82, 2.24) is 0 Å². The van der Waals surface area contributed by atoms with E-state index in [4.69, 9.17) is 0 Å². The third-order valence-corrected chi connectivity index (χ3v) is 4.90. The van der Waals surface area contributed by atoms with Gasteiger partial charge in [0, 0.05) is 28.2 Å². The fourth-order valence-electron chi connectivity index (χ4n) is 2.44. The van der Waals surface area contributed by atoms with Gasteiger partial charge in [0.1, 0.15) is 0 Å². The molecule has 19 heavy (non-hydrogen) atoms. The maximum Gasteiger partial charge on any atom is 0.0917 e. The first-order valence-electron chi connectivity index (χ1n) is 5.63. The zero-order valence-corrected chi connectivity index (χ0v) is 16.2. The second-order valence-corrected chi connectivity index (χ2v) is 8.85. The Balaban J connectivity index is 2.22. The third kappa shape index (κ3) is 4.38. The van der Waals surface area contributed by atoms with E-state index in [0.717, 1.165) is 17.9 Å². The molecule has 0 aromatic carbocycles. The van der Waals surface area contributed by atoms with E-state index in [2.05, 4.69) is 63.7 Å². The average Bonchev–Trinajstić information content (AvgIpc) is 2.08. The van der Waals surface area contributed by atoms with Gasteiger partial charge in [-0.05, 0) is 33.3 Å². The van der Waals surface area contributed by atoms with Gasteiger partial charge in [-0.1, -0.05) is 63.7 Å². The van der Waals surface area contributed by atoms with Crippen molar-refractivity contribution >= 4 is 63.7 Å². The quantitative estimate of drug-likeness (QED) is 0.552. The maximum absolute atomic E-state index is 10.7. The number of aliphatic hydroxyl groups is 2. The molecule has 2 aliphatic carbocycles. The van der Waals surface area contributed by atoms with Crippen LogP contribution in [0.15, 0.2) is 42.2 Å². The van der Waals surface area contributed by atoms with E-state index >= 15 is 0 Å². The van der Waals surface area contributed by atoms with Crippen LogP contribution in [0.1, 0.15) is 19.3 Å². The molecule has 0 aromatic rings. The van der Waals surface area contributed by atoms with Crippen LogP contribution in [0.5, 0.6) is 0 Å². The fourth-order valence-corrected chi connectivity index (χ4v) is 5.93. The van der Waals surface area contributed by atoms with E-state index in [0.29, 0.717) is 12.8 Å². The normalized spacial score (nSPS) is 35.3. The molecule has 2 rings (SSSR count). The zero-order valence-electron chi connectivity index (χ0n) is 9.84. The molecule has 0 aromatic heterocycles. The lowest BCUT2D eigenvalue weighted by Crippen LogP contribution is -2.41. The van der Waals surface area contributed by atoms with Gasteiger partial charge in [0.25, 0.3) is 0 Å². The van der Waals surface area contributed by atoms with Gasteiger partial charge in [0.15, 0.2) is 0 Å². The van der Waals surface area contributed by atoms with Crippen molar-refractivity contribution in [3.63, 3.8) is 0 Å². The lowest BCUT2D eigenvalue weighted by atomic mass is 9.80. The monoisotopic (exact) mass is 516 g/mol. The van der Waals surface area contributed by atoms with Gasteiger partial charge in [-0.25, -0.2) is 0 Å². The van der Waals surface area contributed by atoms with Crippen molar-refractivity contribution in [3.05, 3.63) is 42.2 Å². The third-order valence-electron chi connectivity index (χ3n) is 2.96. The minimum absolute atomic E-state index is 0.232. The SMILES string of the molecule is OC1(CC2(O)C=C(Br)C=C(Br)C2)C=C(Br)C=C(Br)C1. The smallest absolute Gasteiger partial charge is 0.0917 e. The first-order valence-corrected chi connectivity index (χ1v) is 8.81. The Labute approximate surface area is 145 Å². The van der Waals surface area contributed by atoms with Gasteiger partial charge in [-0.15, -0.1) is 0 Å². The highest BCUT2D eigenvalue weighted by Crippen LogP contribution is 2.42. The highest BCUT2D eigenvalue weighted by molar-refractivity contribution is 9.12. The average molecular weight is 520 g/mol. The summed E-state index contributed by atoms with van der Waals surface area (Å²) in [6.07, 6.45) is 8.43. The molecule has 0 radical (unpaired) electrons. The van der Waals surface area contributed by atoms with Crippen LogP contribution in [0, 0.1) is 0 Å². The van der Waals surface area contributed by atoms with Crippen LogP contribution >= 0.6 is 63.7 Å². The summed E-state index contributed by atoms with van der Waals surface area (Å²) < 4.78 is 3.43. The van der Waals surface area contributed by atoms with Crippen molar-refractivity contribution in [3.8, 4) is 0 Å². The van der Waals surface area contributed by atoms with Crippen LogP contribution in [-0.4, -0.2) is 21.4 Å². The van der Waals surface area contributed by atoms with Gasteiger partial charge in [-0.3, -0.25) is 0 Å².